The van der Waals surface area contributed by atoms with Crippen molar-refractivity contribution in [3.05, 3.63) is 96.7 Å². The van der Waals surface area contributed by atoms with E-state index in [4.69, 9.17) is 23.6 Å². The predicted molar refractivity (Wildman–Crippen MR) is 228 cm³/mol. The number of hydrogen-bond donors (Lipinski definition) is 6. The van der Waals surface area contributed by atoms with Crippen LogP contribution in [0.4, 0.5) is 56.8 Å². The summed E-state index contributed by atoms with van der Waals surface area (Å²) in [6, 6.07) is 7.77. The summed E-state index contributed by atoms with van der Waals surface area (Å²) in [6.45, 7) is 24.6. The Morgan fingerprint density at radius 2 is 1.41 bits per heavy atom. The van der Waals surface area contributed by atoms with E-state index in [1.54, 1.807) is 17.2 Å². The second-order valence-electron chi connectivity index (χ2n) is 15.2. The maximum absolute atomic E-state index is 12.4. The Morgan fingerprint density at radius 1 is 0.814 bits per heavy atom. The van der Waals surface area contributed by atoms with Crippen LogP contribution in [0.25, 0.3) is 15.4 Å². The quantitative estimate of drug-likeness (QED) is 0.0733. The highest BCUT2D eigenvalue weighted by molar-refractivity contribution is 5.71. The molecule has 0 saturated carbocycles. The summed E-state index contributed by atoms with van der Waals surface area (Å²) in [7, 11) is 0. The van der Waals surface area contributed by atoms with Gasteiger partial charge in [0.05, 0.1) is 47.5 Å². The number of anilines is 7. The minimum Gasteiger partial charge on any atom is -0.444 e. The molecule has 5 aromatic heterocycles. The molecule has 2 aliphatic heterocycles. The van der Waals surface area contributed by atoms with Gasteiger partial charge in [0, 0.05) is 50.7 Å². The van der Waals surface area contributed by atoms with Crippen molar-refractivity contribution in [3.63, 3.8) is 0 Å². The van der Waals surface area contributed by atoms with Gasteiger partial charge in [-0.2, -0.15) is 0 Å². The molecule has 0 aliphatic carbocycles. The van der Waals surface area contributed by atoms with E-state index < -0.39 is 5.60 Å². The normalized spacial score (nSPS) is 16.3. The van der Waals surface area contributed by atoms with E-state index in [0.717, 1.165) is 49.5 Å². The number of carbonyl (C=O) groups is 1. The number of aromatic nitrogens is 7. The Morgan fingerprint density at radius 3 is 2.00 bits per heavy atom. The van der Waals surface area contributed by atoms with E-state index in [2.05, 4.69) is 66.2 Å². The summed E-state index contributed by atoms with van der Waals surface area (Å²) in [6.07, 6.45) is 17.4. The lowest BCUT2D eigenvalue weighted by atomic mass is 9.98. The molecule has 59 heavy (non-hydrogen) atoms. The van der Waals surface area contributed by atoms with Crippen LogP contribution in [0.3, 0.4) is 0 Å². The van der Waals surface area contributed by atoms with Gasteiger partial charge in [0.15, 0.2) is 24.0 Å². The van der Waals surface area contributed by atoms with E-state index in [-0.39, 0.29) is 23.6 Å². The number of carbonyl (C=O) groups excluding carboxylic acids is 1. The molecule has 7 rings (SSSR count). The number of nitrogens with two attached hydrogens (primary N) is 1. The molecule has 306 valence electrons. The smallest absolute Gasteiger partial charge is 0.410 e. The van der Waals surface area contributed by atoms with Crippen LogP contribution in [0.1, 0.15) is 46.5 Å². The Bertz CT molecular complexity index is 2200. The number of piperidine rings is 2. The molecule has 2 atom stereocenters. The molecule has 2 unspecified atom stereocenters. The summed E-state index contributed by atoms with van der Waals surface area (Å²) in [5.41, 5.74) is 8.85. The molecule has 0 aromatic carbocycles. The largest absolute Gasteiger partial charge is 0.444 e. The molecular formula is C41H50N16O2. The Balaban J connectivity index is 0.000000199. The van der Waals surface area contributed by atoms with Gasteiger partial charge in [0.25, 0.3) is 11.6 Å². The van der Waals surface area contributed by atoms with E-state index in [9.17, 15) is 4.79 Å². The standard InChI is InChI=1S/C21H28N8O2.C20H22N8/c1-21(2,3)31-20(30)29-7-5-6-14(13-29)9-24-16-8-17(25-10-15(16)22)28-19-12-26-18(23-4)11-27-19;1-21-19-13-26-20(14-25-19)27-18-9-16(23-11-15-5-4-6-22-10-15)17(12-24-18)28-7-2-3-8-28/h8,10-12,14H,5-7,9,13,22H2,1-3H3,(H2,24,25,27,28);2-3,7-9,12-15,22H,4-6,10-11H2,(H2,23,24,26,27). The van der Waals surface area contributed by atoms with Crippen molar-refractivity contribution in [3.8, 4) is 5.69 Å². The second-order valence-corrected chi connectivity index (χ2v) is 15.2. The lowest BCUT2D eigenvalue weighted by Crippen LogP contribution is -2.44. The fraction of sp³-hybridized carbons (Fsp3) is 0.390. The van der Waals surface area contributed by atoms with E-state index in [1.165, 1.54) is 37.6 Å². The van der Waals surface area contributed by atoms with Crippen molar-refractivity contribution >= 4 is 58.1 Å². The van der Waals surface area contributed by atoms with Gasteiger partial charge in [-0.15, -0.1) is 9.97 Å². The summed E-state index contributed by atoms with van der Waals surface area (Å²) < 4.78 is 7.54. The molecular weight excluding hydrogens is 749 g/mol. The second kappa shape index (κ2) is 19.9. The number of pyridine rings is 2. The summed E-state index contributed by atoms with van der Waals surface area (Å²) in [4.78, 5) is 45.8. The van der Waals surface area contributed by atoms with Crippen molar-refractivity contribution in [2.45, 2.75) is 52.1 Å². The van der Waals surface area contributed by atoms with Gasteiger partial charge < -0.3 is 56.2 Å². The third-order valence-corrected chi connectivity index (χ3v) is 9.45. The van der Waals surface area contributed by atoms with Crippen molar-refractivity contribution < 1.29 is 9.53 Å². The van der Waals surface area contributed by atoms with Gasteiger partial charge in [-0.25, -0.2) is 24.7 Å². The number of hydrogen-bond acceptors (Lipinski definition) is 14. The predicted octanol–water partition coefficient (Wildman–Crippen LogP) is 7.18. The molecule has 0 spiro atoms. The summed E-state index contributed by atoms with van der Waals surface area (Å²) >= 11 is 0. The molecule has 2 fully saturated rings. The first kappa shape index (κ1) is 41.6. The van der Waals surface area contributed by atoms with Crippen LogP contribution in [0, 0.1) is 25.0 Å². The molecule has 0 radical (unpaired) electrons. The fourth-order valence-corrected chi connectivity index (χ4v) is 6.53. The van der Waals surface area contributed by atoms with Gasteiger partial charge in [-0.05, 0) is 83.5 Å². The highest BCUT2D eigenvalue weighted by Crippen LogP contribution is 2.27. The highest BCUT2D eigenvalue weighted by Gasteiger charge is 2.27. The van der Waals surface area contributed by atoms with Crippen LogP contribution >= 0.6 is 0 Å². The van der Waals surface area contributed by atoms with E-state index >= 15 is 0 Å². The van der Waals surface area contributed by atoms with Gasteiger partial charge in [-0.3, -0.25) is 0 Å². The number of ether oxygens (including phenoxy) is 1. The average molecular weight is 799 g/mol. The molecule has 2 saturated heterocycles. The first-order valence-corrected chi connectivity index (χ1v) is 19.5. The molecule has 0 bridgehead atoms. The molecule has 7 N–H and O–H groups in total. The van der Waals surface area contributed by atoms with Crippen LogP contribution in [0.2, 0.25) is 0 Å². The first-order chi connectivity index (χ1) is 28.5. The maximum atomic E-state index is 12.4. The zero-order chi connectivity index (χ0) is 41.6. The summed E-state index contributed by atoms with van der Waals surface area (Å²) in [5, 5.41) is 16.6. The lowest BCUT2D eigenvalue weighted by molar-refractivity contribution is 0.0172. The van der Waals surface area contributed by atoms with E-state index in [0.29, 0.717) is 54.5 Å². The monoisotopic (exact) mass is 798 g/mol. The Labute approximate surface area is 344 Å². The number of nitrogens with zero attached hydrogens (tertiary/aromatic N) is 10. The number of nitrogen functional groups attached to an aromatic ring is 1. The van der Waals surface area contributed by atoms with E-state index in [1.807, 2.05) is 62.1 Å². The third-order valence-electron chi connectivity index (χ3n) is 9.45. The lowest BCUT2D eigenvalue weighted by Gasteiger charge is -2.34. The first-order valence-electron chi connectivity index (χ1n) is 19.5. The molecule has 1 amide bonds. The molecule has 2 aliphatic rings. The third kappa shape index (κ3) is 12.5. The zero-order valence-corrected chi connectivity index (χ0v) is 33.5. The van der Waals surface area contributed by atoms with Crippen LogP contribution in [0.15, 0.2) is 73.8 Å². The zero-order valence-electron chi connectivity index (χ0n) is 33.5. The van der Waals surface area contributed by atoms with Crippen molar-refractivity contribution in [1.29, 1.82) is 0 Å². The van der Waals surface area contributed by atoms with Crippen molar-refractivity contribution in [2.75, 3.05) is 66.3 Å². The minimum absolute atomic E-state index is 0.228. The van der Waals surface area contributed by atoms with Crippen molar-refractivity contribution in [2.24, 2.45) is 11.8 Å². The van der Waals surface area contributed by atoms with Gasteiger partial charge in [-0.1, -0.05) is 13.1 Å². The maximum Gasteiger partial charge on any atom is 0.410 e. The fourth-order valence-electron chi connectivity index (χ4n) is 6.53. The Kier molecular flexibility index (Phi) is 14.0. The molecule has 18 nitrogen and oxygen atoms in total. The average Bonchev–Trinajstić information content (AvgIpc) is 3.79. The van der Waals surface area contributed by atoms with Crippen molar-refractivity contribution in [1.82, 2.24) is 44.7 Å². The topological polar surface area (TPSA) is 207 Å². The molecule has 7 heterocycles. The van der Waals surface area contributed by atoms with Crippen LogP contribution in [0.5, 0.6) is 0 Å². The van der Waals surface area contributed by atoms with Gasteiger partial charge in [0.2, 0.25) is 0 Å². The minimum atomic E-state index is -0.502. The van der Waals surface area contributed by atoms with Crippen LogP contribution < -0.4 is 32.3 Å². The summed E-state index contributed by atoms with van der Waals surface area (Å²) in [5.74, 6) is 3.66. The number of likely N-dealkylation sites (tertiary alicyclic amines) is 1. The SMILES string of the molecule is [C-]#[N+]c1cnc(Nc2cc(NCC3CCCN(C(=O)OC(C)(C)C)C3)c(N)cn2)cn1.[C-]#[N+]c1cnc(Nc2cc(NCC3CCCNC3)c(-n3cccc3)cn2)cn1. The van der Waals surface area contributed by atoms with Crippen LogP contribution in [-0.2, 0) is 4.74 Å². The number of amides is 1. The van der Waals surface area contributed by atoms with Gasteiger partial charge >= 0.3 is 6.09 Å². The van der Waals surface area contributed by atoms with Gasteiger partial charge in [0.1, 0.15) is 17.2 Å². The molecule has 18 heteroatoms. The Hall–Kier alpha value is -7.05. The number of nitrogens with one attached hydrogen (secondary N) is 5. The highest BCUT2D eigenvalue weighted by atomic mass is 16.6. The molecule has 5 aromatic rings. The number of rotatable bonds is 11. The van der Waals surface area contributed by atoms with Crippen LogP contribution in [-0.4, -0.2) is 90.3 Å².